The van der Waals surface area contributed by atoms with E-state index >= 15 is 0 Å². The van der Waals surface area contributed by atoms with E-state index < -0.39 is 0 Å². The molecule has 124 valence electrons. The van der Waals surface area contributed by atoms with Gasteiger partial charge in [0, 0.05) is 49.9 Å². The highest BCUT2D eigenvalue weighted by Crippen LogP contribution is 2.27. The monoisotopic (exact) mass is 332 g/mol. The third-order valence-electron chi connectivity index (χ3n) is 4.38. The fourth-order valence-electron chi connectivity index (χ4n) is 3.12. The van der Waals surface area contributed by atoms with E-state index in [-0.39, 0.29) is 5.91 Å². The van der Waals surface area contributed by atoms with Crippen LogP contribution in [0, 0.1) is 0 Å². The summed E-state index contributed by atoms with van der Waals surface area (Å²) in [6, 6.07) is 1.91. The Balaban J connectivity index is 1.69. The first-order valence-corrected chi connectivity index (χ1v) is 9.06. The van der Waals surface area contributed by atoms with Crippen molar-refractivity contribution in [1.29, 1.82) is 0 Å². The van der Waals surface area contributed by atoms with E-state index in [0.717, 1.165) is 50.4 Å². The largest absolute Gasteiger partial charge is 0.338 e. The molecule has 1 aliphatic rings. The molecule has 6 heteroatoms. The summed E-state index contributed by atoms with van der Waals surface area (Å²) >= 11 is 1.57. The van der Waals surface area contributed by atoms with Gasteiger partial charge in [-0.05, 0) is 38.4 Å². The molecule has 0 aromatic carbocycles. The molecule has 0 spiro atoms. The average Bonchev–Trinajstić information content (AvgIpc) is 3.23. The van der Waals surface area contributed by atoms with Crippen LogP contribution in [0.25, 0.3) is 0 Å². The quantitative estimate of drug-likeness (QED) is 0.845. The summed E-state index contributed by atoms with van der Waals surface area (Å²) in [7, 11) is 4.16. The van der Waals surface area contributed by atoms with Crippen LogP contribution in [0.3, 0.4) is 0 Å². The molecule has 1 aliphatic heterocycles. The molecule has 1 fully saturated rings. The number of imidazole rings is 1. The van der Waals surface area contributed by atoms with E-state index in [0.29, 0.717) is 5.92 Å². The second-order valence-electron chi connectivity index (χ2n) is 6.38. The van der Waals surface area contributed by atoms with Gasteiger partial charge < -0.3 is 14.4 Å². The summed E-state index contributed by atoms with van der Waals surface area (Å²) in [5, 5.41) is 3.90. The number of piperidine rings is 1. The highest BCUT2D eigenvalue weighted by molar-refractivity contribution is 7.08. The Bertz CT molecular complexity index is 635. The summed E-state index contributed by atoms with van der Waals surface area (Å²) < 4.78 is 2.24. The number of likely N-dealkylation sites (N-methyl/N-ethyl adjacent to an activating group) is 1. The van der Waals surface area contributed by atoms with Crippen LogP contribution in [-0.2, 0) is 6.54 Å². The van der Waals surface area contributed by atoms with Gasteiger partial charge in [0.25, 0.3) is 5.91 Å². The molecule has 0 saturated carbocycles. The number of hydrogen-bond acceptors (Lipinski definition) is 4. The van der Waals surface area contributed by atoms with Gasteiger partial charge in [-0.25, -0.2) is 4.98 Å². The van der Waals surface area contributed by atoms with Gasteiger partial charge in [0.15, 0.2) is 0 Å². The first-order valence-electron chi connectivity index (χ1n) is 8.12. The number of likely N-dealkylation sites (tertiary alicyclic amines) is 1. The molecule has 2 aromatic heterocycles. The molecule has 5 nitrogen and oxygen atoms in total. The number of amides is 1. The lowest BCUT2D eigenvalue weighted by molar-refractivity contribution is 0.0703. The molecule has 1 atom stereocenters. The predicted molar refractivity (Wildman–Crippen MR) is 93.0 cm³/mol. The molecule has 3 heterocycles. The second kappa shape index (κ2) is 7.27. The number of carbonyl (C=O) groups is 1. The number of thiophene rings is 1. The maximum Gasteiger partial charge on any atom is 0.254 e. The van der Waals surface area contributed by atoms with E-state index in [1.54, 1.807) is 11.3 Å². The molecule has 0 aliphatic carbocycles. The van der Waals surface area contributed by atoms with E-state index in [4.69, 9.17) is 0 Å². The smallest absolute Gasteiger partial charge is 0.254 e. The summed E-state index contributed by atoms with van der Waals surface area (Å²) in [4.78, 5) is 21.3. The van der Waals surface area contributed by atoms with Crippen LogP contribution in [0.4, 0.5) is 0 Å². The highest BCUT2D eigenvalue weighted by atomic mass is 32.1. The van der Waals surface area contributed by atoms with E-state index in [9.17, 15) is 4.79 Å². The lowest BCUT2D eigenvalue weighted by atomic mass is 9.96. The maximum atomic E-state index is 12.6. The number of aromatic nitrogens is 2. The van der Waals surface area contributed by atoms with Crippen molar-refractivity contribution in [3.63, 3.8) is 0 Å². The minimum atomic E-state index is 0.155. The second-order valence-corrected chi connectivity index (χ2v) is 7.16. The van der Waals surface area contributed by atoms with Gasteiger partial charge in [0.2, 0.25) is 0 Å². The summed E-state index contributed by atoms with van der Waals surface area (Å²) in [6.07, 6.45) is 6.08. The van der Waals surface area contributed by atoms with Gasteiger partial charge in [0.1, 0.15) is 5.82 Å². The molecule has 1 amide bonds. The number of carbonyl (C=O) groups excluding carboxylic acids is 1. The van der Waals surface area contributed by atoms with E-state index in [1.165, 1.54) is 0 Å². The van der Waals surface area contributed by atoms with Crippen LogP contribution in [0.2, 0.25) is 0 Å². The molecule has 0 bridgehead atoms. The van der Waals surface area contributed by atoms with E-state index in [2.05, 4.69) is 34.7 Å². The molecule has 1 saturated heterocycles. The van der Waals surface area contributed by atoms with Crippen molar-refractivity contribution in [2.45, 2.75) is 25.3 Å². The molecule has 2 aromatic rings. The molecule has 0 radical (unpaired) electrons. The first-order chi connectivity index (χ1) is 11.1. The van der Waals surface area contributed by atoms with Crippen molar-refractivity contribution in [2.75, 3.05) is 33.7 Å². The minimum absolute atomic E-state index is 0.155. The van der Waals surface area contributed by atoms with Crippen molar-refractivity contribution < 1.29 is 4.79 Å². The topological polar surface area (TPSA) is 41.4 Å². The van der Waals surface area contributed by atoms with Crippen LogP contribution >= 0.6 is 11.3 Å². The van der Waals surface area contributed by atoms with Gasteiger partial charge >= 0.3 is 0 Å². The van der Waals surface area contributed by atoms with Gasteiger partial charge in [-0.1, -0.05) is 0 Å². The number of hydrogen-bond donors (Lipinski definition) is 0. The normalized spacial score (nSPS) is 18.6. The van der Waals surface area contributed by atoms with Crippen LogP contribution in [0.1, 0.15) is 34.9 Å². The Labute approximate surface area is 141 Å². The zero-order chi connectivity index (χ0) is 16.2. The van der Waals surface area contributed by atoms with Crippen LogP contribution in [0.5, 0.6) is 0 Å². The average molecular weight is 332 g/mol. The van der Waals surface area contributed by atoms with Crippen LogP contribution in [-0.4, -0.2) is 59.0 Å². The molecular formula is C17H24N4OS. The Hall–Kier alpha value is -1.66. The molecule has 23 heavy (non-hydrogen) atoms. The minimum Gasteiger partial charge on any atom is -0.338 e. The van der Waals surface area contributed by atoms with Gasteiger partial charge in [-0.3, -0.25) is 4.79 Å². The van der Waals surface area contributed by atoms with Crippen molar-refractivity contribution in [3.05, 3.63) is 40.6 Å². The van der Waals surface area contributed by atoms with Gasteiger partial charge in [0.05, 0.1) is 5.56 Å². The fraction of sp³-hybridized carbons (Fsp3) is 0.529. The molecular weight excluding hydrogens is 308 g/mol. The van der Waals surface area contributed by atoms with Crippen molar-refractivity contribution in [3.8, 4) is 0 Å². The highest BCUT2D eigenvalue weighted by Gasteiger charge is 2.28. The lowest BCUT2D eigenvalue weighted by Gasteiger charge is -2.32. The third kappa shape index (κ3) is 3.82. The predicted octanol–water partition coefficient (Wildman–Crippen LogP) is 2.53. The van der Waals surface area contributed by atoms with Crippen molar-refractivity contribution in [2.24, 2.45) is 0 Å². The van der Waals surface area contributed by atoms with E-state index in [1.807, 2.05) is 27.9 Å². The number of nitrogens with zero attached hydrogens (tertiary/aromatic N) is 4. The van der Waals surface area contributed by atoms with Gasteiger partial charge in [-0.2, -0.15) is 11.3 Å². The standard InChI is InChI=1S/C17H24N4OS/c1-19(2)9-10-20-8-6-18-16(20)14-4-3-7-21(12-14)17(22)15-5-11-23-13-15/h5-6,8,11,13-14H,3-4,7,9-10,12H2,1-2H3/t14-/m0/s1. The zero-order valence-electron chi connectivity index (χ0n) is 13.8. The van der Waals surface area contributed by atoms with Crippen LogP contribution < -0.4 is 0 Å². The van der Waals surface area contributed by atoms with Crippen LogP contribution in [0.15, 0.2) is 29.2 Å². The summed E-state index contributed by atoms with van der Waals surface area (Å²) in [6.45, 7) is 3.56. The molecule has 3 rings (SSSR count). The Morgan fingerprint density at radius 3 is 3.09 bits per heavy atom. The Kier molecular flexibility index (Phi) is 5.13. The summed E-state index contributed by atoms with van der Waals surface area (Å²) in [5.74, 6) is 1.61. The zero-order valence-corrected chi connectivity index (χ0v) is 14.6. The van der Waals surface area contributed by atoms with Crippen molar-refractivity contribution >= 4 is 17.2 Å². The molecule has 0 N–H and O–H groups in total. The Morgan fingerprint density at radius 1 is 1.48 bits per heavy atom. The third-order valence-corrected chi connectivity index (χ3v) is 5.06. The lowest BCUT2D eigenvalue weighted by Crippen LogP contribution is -2.39. The Morgan fingerprint density at radius 2 is 2.35 bits per heavy atom. The summed E-state index contributed by atoms with van der Waals surface area (Å²) in [5.41, 5.74) is 0.812. The SMILES string of the molecule is CN(C)CCn1ccnc1[C@H]1CCCN(C(=O)c2ccsc2)C1. The first kappa shape index (κ1) is 16.2. The molecule has 0 unspecified atom stereocenters. The maximum absolute atomic E-state index is 12.6. The number of rotatable bonds is 5. The fourth-order valence-corrected chi connectivity index (χ4v) is 3.75. The van der Waals surface area contributed by atoms with Crippen molar-refractivity contribution in [1.82, 2.24) is 19.4 Å². The van der Waals surface area contributed by atoms with Gasteiger partial charge in [-0.15, -0.1) is 0 Å².